The molecule has 0 spiro atoms. The predicted octanol–water partition coefficient (Wildman–Crippen LogP) is 1.95. The lowest BCUT2D eigenvalue weighted by atomic mass is 10.1. The molecular formula is C18H27NO5S2. The van der Waals surface area contributed by atoms with Gasteiger partial charge in [-0.05, 0) is 37.1 Å². The Balaban J connectivity index is 1.84. The minimum absolute atomic E-state index is 0.108. The van der Waals surface area contributed by atoms with Crippen LogP contribution in [-0.4, -0.2) is 52.8 Å². The van der Waals surface area contributed by atoms with Crippen molar-refractivity contribution in [1.82, 2.24) is 5.32 Å². The van der Waals surface area contributed by atoms with E-state index < -0.39 is 31.0 Å². The average Bonchev–Trinajstić information content (AvgIpc) is 2.77. The summed E-state index contributed by atoms with van der Waals surface area (Å²) < 4.78 is 55.7. The number of ether oxygens (including phenoxy) is 1. The molecule has 2 atom stereocenters. The van der Waals surface area contributed by atoms with Crippen molar-refractivity contribution in [2.45, 2.75) is 60.8 Å². The molecule has 2 unspecified atom stereocenters. The van der Waals surface area contributed by atoms with E-state index in [9.17, 15) is 16.8 Å². The summed E-state index contributed by atoms with van der Waals surface area (Å²) in [5.74, 6) is 0.145. The first-order chi connectivity index (χ1) is 12.3. The van der Waals surface area contributed by atoms with Gasteiger partial charge >= 0.3 is 0 Å². The van der Waals surface area contributed by atoms with Crippen LogP contribution in [0.15, 0.2) is 29.2 Å². The maximum Gasteiger partial charge on any atom is 0.183 e. The van der Waals surface area contributed by atoms with E-state index in [2.05, 4.69) is 5.32 Å². The van der Waals surface area contributed by atoms with E-state index >= 15 is 0 Å². The summed E-state index contributed by atoms with van der Waals surface area (Å²) in [4.78, 5) is 0.146. The molecule has 1 saturated carbocycles. The van der Waals surface area contributed by atoms with E-state index in [1.54, 1.807) is 12.1 Å². The fourth-order valence-corrected chi connectivity index (χ4v) is 8.64. The van der Waals surface area contributed by atoms with E-state index in [4.69, 9.17) is 4.74 Å². The summed E-state index contributed by atoms with van der Waals surface area (Å²) in [7, 11) is -5.60. The quantitative estimate of drug-likeness (QED) is 0.759. The standard InChI is InChI=1S/C18H27NO5S2/c1-24-15-8-10-16(11-9-15)26(22,23)18-13-25(20,21)12-17(18)19-14-6-4-2-3-5-7-14/h8-11,14,17-19H,2-7,12-13H2,1H3. The van der Waals surface area contributed by atoms with Crippen LogP contribution in [0.4, 0.5) is 0 Å². The van der Waals surface area contributed by atoms with Crippen LogP contribution in [0.2, 0.25) is 0 Å². The second-order valence-corrected chi connectivity index (χ2v) is 11.6. The first-order valence-corrected chi connectivity index (χ1v) is 12.5. The van der Waals surface area contributed by atoms with Crippen molar-refractivity contribution in [3.8, 4) is 5.75 Å². The topological polar surface area (TPSA) is 89.5 Å². The Hall–Kier alpha value is -1.12. The van der Waals surface area contributed by atoms with E-state index in [1.807, 2.05) is 0 Å². The van der Waals surface area contributed by atoms with Gasteiger partial charge in [-0.15, -0.1) is 0 Å². The van der Waals surface area contributed by atoms with E-state index in [0.717, 1.165) is 25.7 Å². The molecular weight excluding hydrogens is 374 g/mol. The minimum Gasteiger partial charge on any atom is -0.497 e. The predicted molar refractivity (Wildman–Crippen MR) is 101 cm³/mol. The van der Waals surface area contributed by atoms with Crippen LogP contribution < -0.4 is 10.1 Å². The highest BCUT2D eigenvalue weighted by Crippen LogP contribution is 2.28. The number of hydrogen-bond acceptors (Lipinski definition) is 6. The Bertz CT molecular complexity index is 810. The van der Waals surface area contributed by atoms with Crippen molar-refractivity contribution in [3.05, 3.63) is 24.3 Å². The summed E-state index contributed by atoms with van der Waals surface area (Å²) in [5, 5.41) is 2.44. The summed E-state index contributed by atoms with van der Waals surface area (Å²) in [6.07, 6.45) is 6.54. The molecule has 3 rings (SSSR count). The molecule has 0 amide bonds. The Morgan fingerprint density at radius 1 is 1.00 bits per heavy atom. The second-order valence-electron chi connectivity index (χ2n) is 7.30. The van der Waals surface area contributed by atoms with Crippen molar-refractivity contribution in [2.24, 2.45) is 0 Å². The van der Waals surface area contributed by atoms with Gasteiger partial charge in [0.25, 0.3) is 0 Å². The molecule has 0 aromatic heterocycles. The molecule has 6 nitrogen and oxygen atoms in total. The molecule has 1 aliphatic heterocycles. The van der Waals surface area contributed by atoms with Gasteiger partial charge in [0.15, 0.2) is 19.7 Å². The van der Waals surface area contributed by atoms with Crippen LogP contribution in [0, 0.1) is 0 Å². The number of rotatable bonds is 5. The Morgan fingerprint density at radius 2 is 1.62 bits per heavy atom. The number of sulfone groups is 2. The molecule has 1 heterocycles. The largest absolute Gasteiger partial charge is 0.497 e. The van der Waals surface area contributed by atoms with Crippen LogP contribution in [0.1, 0.15) is 38.5 Å². The van der Waals surface area contributed by atoms with Crippen LogP contribution in [0.3, 0.4) is 0 Å². The normalized spacial score (nSPS) is 27.1. The number of hydrogen-bond donors (Lipinski definition) is 1. The van der Waals surface area contributed by atoms with Crippen molar-refractivity contribution < 1.29 is 21.6 Å². The first-order valence-electron chi connectivity index (χ1n) is 9.16. The minimum atomic E-state index is -3.74. The summed E-state index contributed by atoms with van der Waals surface area (Å²) in [6.45, 7) is 0. The molecule has 2 aliphatic rings. The van der Waals surface area contributed by atoms with E-state index in [-0.39, 0.29) is 22.4 Å². The zero-order chi connectivity index (χ0) is 18.8. The van der Waals surface area contributed by atoms with E-state index in [0.29, 0.717) is 5.75 Å². The number of benzene rings is 1. The van der Waals surface area contributed by atoms with Crippen LogP contribution in [0.25, 0.3) is 0 Å². The van der Waals surface area contributed by atoms with Crippen LogP contribution >= 0.6 is 0 Å². The lowest BCUT2D eigenvalue weighted by Gasteiger charge is -2.25. The van der Waals surface area contributed by atoms with Crippen LogP contribution in [-0.2, 0) is 19.7 Å². The molecule has 0 bridgehead atoms. The van der Waals surface area contributed by atoms with Gasteiger partial charge in [0.1, 0.15) is 5.75 Å². The summed E-state index contributed by atoms with van der Waals surface area (Å²) in [5.41, 5.74) is 0. The van der Waals surface area contributed by atoms with Gasteiger partial charge in [-0.3, -0.25) is 0 Å². The third-order valence-electron chi connectivity index (χ3n) is 5.39. The zero-order valence-corrected chi connectivity index (χ0v) is 16.7. The first kappa shape index (κ1) is 19.6. The third kappa shape index (κ3) is 4.40. The SMILES string of the molecule is COc1ccc(S(=O)(=O)C2CS(=O)(=O)CC2NC2CCCCCC2)cc1. The Morgan fingerprint density at radius 3 is 2.19 bits per heavy atom. The molecule has 2 fully saturated rings. The van der Waals surface area contributed by atoms with Gasteiger partial charge in [0.05, 0.1) is 28.8 Å². The summed E-state index contributed by atoms with van der Waals surface area (Å²) >= 11 is 0. The van der Waals surface area contributed by atoms with Crippen molar-refractivity contribution >= 4 is 19.7 Å². The molecule has 146 valence electrons. The summed E-state index contributed by atoms with van der Waals surface area (Å²) in [6, 6.07) is 5.80. The second kappa shape index (κ2) is 7.86. The van der Waals surface area contributed by atoms with Gasteiger partial charge in [-0.1, -0.05) is 25.7 Å². The highest BCUT2D eigenvalue weighted by Gasteiger charge is 2.46. The highest BCUT2D eigenvalue weighted by atomic mass is 32.2. The fraction of sp³-hybridized carbons (Fsp3) is 0.667. The fourth-order valence-electron chi connectivity index (χ4n) is 3.97. The van der Waals surface area contributed by atoms with Gasteiger partial charge in [-0.25, -0.2) is 16.8 Å². The Kier molecular flexibility index (Phi) is 5.94. The van der Waals surface area contributed by atoms with Crippen molar-refractivity contribution in [3.63, 3.8) is 0 Å². The average molecular weight is 402 g/mol. The maximum absolute atomic E-state index is 13.1. The number of methoxy groups -OCH3 is 1. The molecule has 1 aromatic rings. The molecule has 1 aliphatic carbocycles. The third-order valence-corrected chi connectivity index (χ3v) is 9.56. The monoisotopic (exact) mass is 401 g/mol. The highest BCUT2D eigenvalue weighted by molar-refractivity contribution is 7.96. The maximum atomic E-state index is 13.1. The number of nitrogens with one attached hydrogen (secondary N) is 1. The van der Waals surface area contributed by atoms with Gasteiger partial charge < -0.3 is 10.1 Å². The van der Waals surface area contributed by atoms with Gasteiger partial charge in [-0.2, -0.15) is 0 Å². The molecule has 1 saturated heterocycles. The molecule has 1 aromatic carbocycles. The smallest absolute Gasteiger partial charge is 0.183 e. The van der Waals surface area contributed by atoms with Crippen molar-refractivity contribution in [1.29, 1.82) is 0 Å². The molecule has 1 N–H and O–H groups in total. The molecule has 0 radical (unpaired) electrons. The van der Waals surface area contributed by atoms with Crippen molar-refractivity contribution in [2.75, 3.05) is 18.6 Å². The molecule has 26 heavy (non-hydrogen) atoms. The molecule has 8 heteroatoms. The van der Waals surface area contributed by atoms with Crippen LogP contribution in [0.5, 0.6) is 5.75 Å². The van der Waals surface area contributed by atoms with E-state index in [1.165, 1.54) is 32.1 Å². The lowest BCUT2D eigenvalue weighted by Crippen LogP contribution is -2.47. The Labute approximate surface area is 156 Å². The van der Waals surface area contributed by atoms with Gasteiger partial charge in [0, 0.05) is 12.1 Å². The lowest BCUT2D eigenvalue weighted by molar-refractivity contribution is 0.408. The zero-order valence-electron chi connectivity index (χ0n) is 15.1. The van der Waals surface area contributed by atoms with Gasteiger partial charge in [0.2, 0.25) is 0 Å².